The number of fused-ring (bicyclic) bond motifs is 1. The Morgan fingerprint density at radius 1 is 1.26 bits per heavy atom. The molecule has 166 valence electrons. The van der Waals surface area contributed by atoms with Crippen molar-refractivity contribution in [3.05, 3.63) is 42.0 Å². The number of nitrogens with one attached hydrogen (secondary N) is 1. The highest BCUT2D eigenvalue weighted by Gasteiger charge is 2.42. The van der Waals surface area contributed by atoms with E-state index in [0.29, 0.717) is 37.4 Å². The molecule has 0 aromatic heterocycles. The number of methoxy groups -OCH3 is 1. The van der Waals surface area contributed by atoms with Crippen LogP contribution in [0.3, 0.4) is 0 Å². The highest BCUT2D eigenvalue weighted by molar-refractivity contribution is 7.98. The van der Waals surface area contributed by atoms with Gasteiger partial charge in [-0.2, -0.15) is 11.8 Å². The second-order valence-corrected chi connectivity index (χ2v) is 9.09. The molecule has 0 aliphatic carbocycles. The van der Waals surface area contributed by atoms with E-state index in [1.807, 2.05) is 30.5 Å². The summed E-state index contributed by atoms with van der Waals surface area (Å²) in [7, 11) is 1.60. The summed E-state index contributed by atoms with van der Waals surface area (Å²) in [5, 5.41) is 13.7. The third-order valence-electron chi connectivity index (χ3n) is 6.08. The van der Waals surface area contributed by atoms with Crippen molar-refractivity contribution in [2.24, 2.45) is 0 Å². The first-order chi connectivity index (χ1) is 15.0. The van der Waals surface area contributed by atoms with Crippen LogP contribution in [-0.4, -0.2) is 48.9 Å². The molecule has 7 heteroatoms. The van der Waals surface area contributed by atoms with Crippen molar-refractivity contribution >= 4 is 17.7 Å². The lowest BCUT2D eigenvalue weighted by atomic mass is 9.81. The van der Waals surface area contributed by atoms with Crippen LogP contribution >= 0.6 is 11.8 Å². The number of amides is 1. The molecule has 1 saturated heterocycles. The summed E-state index contributed by atoms with van der Waals surface area (Å²) >= 11 is 1.66. The zero-order valence-electron chi connectivity index (χ0n) is 18.0. The Morgan fingerprint density at radius 2 is 2.06 bits per heavy atom. The van der Waals surface area contributed by atoms with E-state index in [4.69, 9.17) is 14.2 Å². The summed E-state index contributed by atoms with van der Waals surface area (Å²) < 4.78 is 17.4. The molecule has 2 aliphatic rings. The fourth-order valence-electron chi connectivity index (χ4n) is 4.35. The lowest BCUT2D eigenvalue weighted by Crippen LogP contribution is -2.48. The minimum absolute atomic E-state index is 0.0454. The molecule has 2 aromatic rings. The monoisotopic (exact) mass is 443 g/mol. The van der Waals surface area contributed by atoms with Gasteiger partial charge in [0.1, 0.15) is 22.8 Å². The van der Waals surface area contributed by atoms with Gasteiger partial charge in [-0.3, -0.25) is 4.79 Å². The van der Waals surface area contributed by atoms with Crippen LogP contribution in [0.2, 0.25) is 0 Å². The van der Waals surface area contributed by atoms with Gasteiger partial charge in [-0.1, -0.05) is 6.07 Å². The lowest BCUT2D eigenvalue weighted by molar-refractivity contribution is -0.122. The average molecular weight is 444 g/mol. The van der Waals surface area contributed by atoms with Gasteiger partial charge in [0.2, 0.25) is 5.91 Å². The Kier molecular flexibility index (Phi) is 6.62. The normalized spacial score (nSPS) is 19.4. The molecular weight excluding hydrogens is 414 g/mol. The van der Waals surface area contributed by atoms with Crippen LogP contribution in [0.5, 0.6) is 17.2 Å². The highest BCUT2D eigenvalue weighted by atomic mass is 32.2. The van der Waals surface area contributed by atoms with Crippen molar-refractivity contribution < 1.29 is 24.1 Å². The first-order valence-electron chi connectivity index (χ1n) is 10.6. The summed E-state index contributed by atoms with van der Waals surface area (Å²) in [5.74, 6) is 2.47. The number of carbonyl (C=O) groups excluding carboxylic acids is 1. The van der Waals surface area contributed by atoms with E-state index >= 15 is 0 Å². The minimum Gasteiger partial charge on any atom is -0.507 e. The van der Waals surface area contributed by atoms with Gasteiger partial charge >= 0.3 is 0 Å². The van der Waals surface area contributed by atoms with Crippen LogP contribution in [0.15, 0.2) is 36.4 Å². The summed E-state index contributed by atoms with van der Waals surface area (Å²) in [6.45, 7) is 1.33. The van der Waals surface area contributed by atoms with Crippen LogP contribution in [0.1, 0.15) is 37.3 Å². The van der Waals surface area contributed by atoms with Crippen molar-refractivity contribution in [3.63, 3.8) is 0 Å². The van der Waals surface area contributed by atoms with Gasteiger partial charge in [0.05, 0.1) is 26.4 Å². The van der Waals surface area contributed by atoms with E-state index < -0.39 is 0 Å². The Balaban J connectivity index is 1.70. The van der Waals surface area contributed by atoms with Crippen LogP contribution in [0.25, 0.3) is 11.1 Å². The largest absolute Gasteiger partial charge is 0.507 e. The summed E-state index contributed by atoms with van der Waals surface area (Å²) in [4.78, 5) is 12.6. The average Bonchev–Trinajstić information content (AvgIpc) is 2.78. The molecule has 0 radical (unpaired) electrons. The Hall–Kier alpha value is -2.38. The Bertz CT molecular complexity index is 942. The molecule has 1 fully saturated rings. The Labute approximate surface area is 187 Å². The molecular formula is C24H29NO5S. The van der Waals surface area contributed by atoms with Gasteiger partial charge in [0.15, 0.2) is 0 Å². The van der Waals surface area contributed by atoms with Crippen molar-refractivity contribution in [2.45, 2.75) is 37.3 Å². The van der Waals surface area contributed by atoms with Crippen LogP contribution < -0.4 is 14.8 Å². The number of hydrogen-bond donors (Lipinski definition) is 2. The first-order valence-corrected chi connectivity index (χ1v) is 12.0. The molecule has 1 amide bonds. The molecule has 31 heavy (non-hydrogen) atoms. The topological polar surface area (TPSA) is 77.0 Å². The fraction of sp³-hybridized carbons (Fsp3) is 0.458. The first kappa shape index (κ1) is 21.8. The van der Waals surface area contributed by atoms with Crippen molar-refractivity contribution in [1.29, 1.82) is 0 Å². The SMILES string of the molecule is COc1ccc(O)c(-c2ccc3c(c2)C(NC(=O)CCSC)CC2(CCOCC2)O3)c1. The molecule has 2 heterocycles. The maximum atomic E-state index is 12.6. The van der Waals surface area contributed by atoms with Crippen molar-refractivity contribution in [2.75, 3.05) is 32.3 Å². The van der Waals surface area contributed by atoms with E-state index in [2.05, 4.69) is 5.32 Å². The van der Waals surface area contributed by atoms with Crippen molar-refractivity contribution in [3.8, 4) is 28.4 Å². The van der Waals surface area contributed by atoms with Gasteiger partial charge < -0.3 is 24.6 Å². The fourth-order valence-corrected chi connectivity index (χ4v) is 4.74. The number of thioether (sulfide) groups is 1. The number of carbonyl (C=O) groups is 1. The third kappa shape index (κ3) is 4.77. The maximum absolute atomic E-state index is 12.6. The van der Waals surface area contributed by atoms with Crippen molar-refractivity contribution in [1.82, 2.24) is 5.32 Å². The van der Waals surface area contributed by atoms with Gasteiger partial charge in [0, 0.05) is 42.6 Å². The molecule has 0 bridgehead atoms. The number of phenols is 1. The maximum Gasteiger partial charge on any atom is 0.221 e. The van der Waals surface area contributed by atoms with Crippen LogP contribution in [0.4, 0.5) is 0 Å². The van der Waals surface area contributed by atoms with Crippen LogP contribution in [0, 0.1) is 0 Å². The minimum atomic E-state index is -0.317. The third-order valence-corrected chi connectivity index (χ3v) is 6.69. The molecule has 1 atom stereocenters. The predicted molar refractivity (Wildman–Crippen MR) is 122 cm³/mol. The number of phenolic OH excluding ortho intramolecular Hbond substituents is 1. The van der Waals surface area contributed by atoms with E-state index in [0.717, 1.165) is 35.5 Å². The van der Waals surface area contributed by atoms with Crippen LogP contribution in [-0.2, 0) is 9.53 Å². The number of hydrogen-bond acceptors (Lipinski definition) is 6. The number of aromatic hydroxyl groups is 1. The quantitative estimate of drug-likeness (QED) is 0.693. The molecule has 6 nitrogen and oxygen atoms in total. The second kappa shape index (κ2) is 9.40. The summed E-state index contributed by atoms with van der Waals surface area (Å²) in [5.41, 5.74) is 2.16. The molecule has 1 unspecified atom stereocenters. The molecule has 1 spiro atoms. The van der Waals surface area contributed by atoms with E-state index in [-0.39, 0.29) is 23.3 Å². The zero-order chi connectivity index (χ0) is 21.8. The second-order valence-electron chi connectivity index (χ2n) is 8.10. The van der Waals surface area contributed by atoms with E-state index in [1.54, 1.807) is 31.0 Å². The number of rotatable bonds is 6. The summed E-state index contributed by atoms with van der Waals surface area (Å²) in [6, 6.07) is 10.9. The zero-order valence-corrected chi connectivity index (χ0v) is 18.8. The molecule has 4 rings (SSSR count). The van der Waals surface area contributed by atoms with Gasteiger partial charge in [-0.25, -0.2) is 0 Å². The highest BCUT2D eigenvalue weighted by Crippen LogP contribution is 2.46. The number of benzene rings is 2. The van der Waals surface area contributed by atoms with Gasteiger partial charge in [0.25, 0.3) is 0 Å². The van der Waals surface area contributed by atoms with Gasteiger partial charge in [-0.05, 0) is 42.2 Å². The molecule has 2 N–H and O–H groups in total. The molecule has 2 aromatic carbocycles. The summed E-state index contributed by atoms with van der Waals surface area (Å²) in [6.07, 6.45) is 4.81. The van der Waals surface area contributed by atoms with E-state index in [9.17, 15) is 9.90 Å². The van der Waals surface area contributed by atoms with Gasteiger partial charge in [-0.15, -0.1) is 0 Å². The lowest BCUT2D eigenvalue weighted by Gasteiger charge is -2.44. The molecule has 2 aliphatic heterocycles. The number of ether oxygens (including phenoxy) is 3. The van der Waals surface area contributed by atoms with E-state index in [1.165, 1.54) is 0 Å². The standard InChI is InChI=1S/C24H29NO5S/c1-28-17-4-5-21(26)18(14-17)16-3-6-22-19(13-16)20(25-23(27)7-12-31-2)15-24(30-22)8-10-29-11-9-24/h3-6,13-14,20,26H,7-12,15H2,1-2H3,(H,25,27). The predicted octanol–water partition coefficient (Wildman–Crippen LogP) is 4.31. The Morgan fingerprint density at radius 3 is 2.81 bits per heavy atom. The molecule has 0 saturated carbocycles. The smallest absolute Gasteiger partial charge is 0.221 e.